The third-order valence-corrected chi connectivity index (χ3v) is 3.58. The fraction of sp³-hybridized carbons (Fsp3) is 1.00. The minimum absolute atomic E-state index is 0.896. The molecule has 3 heteroatoms. The molecule has 1 fully saturated rings. The molecule has 1 aliphatic rings. The first-order valence-corrected chi connectivity index (χ1v) is 7.37. The van der Waals surface area contributed by atoms with Crippen LogP contribution in [0.25, 0.3) is 0 Å². The molecule has 0 radical (unpaired) electrons. The van der Waals surface area contributed by atoms with Crippen molar-refractivity contribution in [3.8, 4) is 0 Å². The van der Waals surface area contributed by atoms with Gasteiger partial charge in [-0.2, -0.15) is 0 Å². The lowest BCUT2D eigenvalue weighted by Crippen LogP contribution is -2.38. The van der Waals surface area contributed by atoms with Crippen molar-refractivity contribution >= 4 is 0 Å². The van der Waals surface area contributed by atoms with Crippen LogP contribution in [0.1, 0.15) is 39.5 Å². The molecule has 0 aliphatic carbocycles. The van der Waals surface area contributed by atoms with Gasteiger partial charge in [0.15, 0.2) is 0 Å². The zero-order chi connectivity index (χ0) is 12.3. The van der Waals surface area contributed by atoms with Gasteiger partial charge in [0.2, 0.25) is 0 Å². The monoisotopic (exact) mass is 242 g/mol. The first-order chi connectivity index (χ1) is 8.36. The number of hydrogen-bond donors (Lipinski definition) is 1. The van der Waals surface area contributed by atoms with Gasteiger partial charge < -0.3 is 15.0 Å². The standard InChI is InChI=1S/C14H30N2O/c1-3-5-11-17-12-10-16-8-6-14(7-9-16)13-15-4-2/h14-15H,3-13H2,1-2H3. The summed E-state index contributed by atoms with van der Waals surface area (Å²) in [4.78, 5) is 2.55. The van der Waals surface area contributed by atoms with Crippen molar-refractivity contribution in [2.75, 3.05) is 45.9 Å². The fourth-order valence-corrected chi connectivity index (χ4v) is 2.30. The highest BCUT2D eigenvalue weighted by atomic mass is 16.5. The van der Waals surface area contributed by atoms with E-state index in [-0.39, 0.29) is 0 Å². The Labute approximate surface area is 107 Å². The van der Waals surface area contributed by atoms with Crippen LogP contribution in [0, 0.1) is 5.92 Å². The normalized spacial score (nSPS) is 18.7. The number of piperidine rings is 1. The average molecular weight is 242 g/mol. The van der Waals surface area contributed by atoms with Crippen LogP contribution < -0.4 is 5.32 Å². The molecule has 0 saturated carbocycles. The number of hydrogen-bond acceptors (Lipinski definition) is 3. The highest BCUT2D eigenvalue weighted by molar-refractivity contribution is 4.73. The highest BCUT2D eigenvalue weighted by Gasteiger charge is 2.18. The van der Waals surface area contributed by atoms with Gasteiger partial charge in [-0.15, -0.1) is 0 Å². The molecule has 0 unspecified atom stereocenters. The van der Waals surface area contributed by atoms with Crippen LogP contribution in [0.3, 0.4) is 0 Å². The summed E-state index contributed by atoms with van der Waals surface area (Å²) < 4.78 is 5.61. The maximum atomic E-state index is 5.61. The minimum atomic E-state index is 0.896. The van der Waals surface area contributed by atoms with Crippen molar-refractivity contribution in [2.45, 2.75) is 39.5 Å². The van der Waals surface area contributed by atoms with Crippen molar-refractivity contribution in [2.24, 2.45) is 5.92 Å². The van der Waals surface area contributed by atoms with E-state index in [1.54, 1.807) is 0 Å². The van der Waals surface area contributed by atoms with E-state index >= 15 is 0 Å². The summed E-state index contributed by atoms with van der Waals surface area (Å²) >= 11 is 0. The Bertz CT molecular complexity index is 165. The van der Waals surface area contributed by atoms with Crippen molar-refractivity contribution in [3.63, 3.8) is 0 Å². The van der Waals surface area contributed by atoms with Crippen LogP contribution in [0.5, 0.6) is 0 Å². The van der Waals surface area contributed by atoms with E-state index < -0.39 is 0 Å². The summed E-state index contributed by atoms with van der Waals surface area (Å²) in [6, 6.07) is 0. The van der Waals surface area contributed by atoms with Gasteiger partial charge in [-0.05, 0) is 51.4 Å². The second-order valence-electron chi connectivity index (χ2n) is 5.06. The fourth-order valence-electron chi connectivity index (χ4n) is 2.30. The first-order valence-electron chi connectivity index (χ1n) is 7.37. The van der Waals surface area contributed by atoms with E-state index in [1.165, 1.54) is 45.3 Å². The third-order valence-electron chi connectivity index (χ3n) is 3.58. The highest BCUT2D eigenvalue weighted by Crippen LogP contribution is 2.15. The molecule has 0 bridgehead atoms. The Hall–Kier alpha value is -0.120. The van der Waals surface area contributed by atoms with Crippen LogP contribution in [0.2, 0.25) is 0 Å². The number of nitrogens with one attached hydrogen (secondary N) is 1. The lowest BCUT2D eigenvalue weighted by Gasteiger charge is -2.31. The van der Waals surface area contributed by atoms with E-state index in [0.717, 1.165) is 32.2 Å². The maximum absolute atomic E-state index is 5.61. The van der Waals surface area contributed by atoms with Crippen molar-refractivity contribution in [1.82, 2.24) is 10.2 Å². The number of unbranched alkanes of at least 4 members (excludes halogenated alkanes) is 1. The Kier molecular flexibility index (Phi) is 8.67. The van der Waals surface area contributed by atoms with Gasteiger partial charge in [0.05, 0.1) is 6.61 Å². The summed E-state index contributed by atoms with van der Waals surface area (Å²) in [5, 5.41) is 3.46. The predicted molar refractivity (Wildman–Crippen MR) is 73.4 cm³/mol. The lowest BCUT2D eigenvalue weighted by molar-refractivity contribution is 0.0868. The van der Waals surface area contributed by atoms with Crippen LogP contribution in [0.4, 0.5) is 0 Å². The van der Waals surface area contributed by atoms with Gasteiger partial charge in [0.25, 0.3) is 0 Å². The first kappa shape index (κ1) is 14.9. The Balaban J connectivity index is 1.95. The summed E-state index contributed by atoms with van der Waals surface area (Å²) in [6.07, 6.45) is 5.13. The molecule has 102 valence electrons. The van der Waals surface area contributed by atoms with Crippen molar-refractivity contribution in [1.29, 1.82) is 0 Å². The number of rotatable bonds is 9. The molecular weight excluding hydrogens is 212 g/mol. The number of ether oxygens (including phenoxy) is 1. The van der Waals surface area contributed by atoms with Gasteiger partial charge in [-0.1, -0.05) is 20.3 Å². The van der Waals surface area contributed by atoms with Gasteiger partial charge in [0, 0.05) is 13.2 Å². The number of likely N-dealkylation sites (tertiary alicyclic amines) is 1. The van der Waals surface area contributed by atoms with Crippen LogP contribution in [0.15, 0.2) is 0 Å². The Morgan fingerprint density at radius 3 is 2.59 bits per heavy atom. The Morgan fingerprint density at radius 2 is 1.94 bits per heavy atom. The molecular formula is C14H30N2O. The molecule has 1 saturated heterocycles. The van der Waals surface area contributed by atoms with Gasteiger partial charge in [-0.3, -0.25) is 0 Å². The maximum Gasteiger partial charge on any atom is 0.0593 e. The summed E-state index contributed by atoms with van der Waals surface area (Å²) in [7, 11) is 0. The topological polar surface area (TPSA) is 24.5 Å². The van der Waals surface area contributed by atoms with E-state index in [2.05, 4.69) is 24.1 Å². The van der Waals surface area contributed by atoms with Gasteiger partial charge >= 0.3 is 0 Å². The molecule has 1 N–H and O–H groups in total. The summed E-state index contributed by atoms with van der Waals surface area (Å²) in [6.45, 7) is 12.2. The molecule has 1 heterocycles. The minimum Gasteiger partial charge on any atom is -0.380 e. The van der Waals surface area contributed by atoms with Crippen molar-refractivity contribution < 1.29 is 4.74 Å². The molecule has 0 aromatic heterocycles. The molecule has 0 atom stereocenters. The Morgan fingerprint density at radius 1 is 1.18 bits per heavy atom. The van der Waals surface area contributed by atoms with Gasteiger partial charge in [0.1, 0.15) is 0 Å². The summed E-state index contributed by atoms with van der Waals surface area (Å²) in [5.41, 5.74) is 0. The third kappa shape index (κ3) is 7.02. The van der Waals surface area contributed by atoms with Crippen molar-refractivity contribution in [3.05, 3.63) is 0 Å². The molecule has 0 amide bonds. The van der Waals surface area contributed by atoms with E-state index in [1.807, 2.05) is 0 Å². The molecule has 17 heavy (non-hydrogen) atoms. The molecule has 1 rings (SSSR count). The van der Waals surface area contributed by atoms with Crippen LogP contribution in [-0.4, -0.2) is 50.8 Å². The van der Waals surface area contributed by atoms with Crippen LogP contribution in [-0.2, 0) is 4.74 Å². The SMILES string of the molecule is CCCCOCCN1CCC(CNCC)CC1. The lowest BCUT2D eigenvalue weighted by atomic mass is 9.97. The number of nitrogens with zero attached hydrogens (tertiary/aromatic N) is 1. The largest absolute Gasteiger partial charge is 0.380 e. The second kappa shape index (κ2) is 9.86. The molecule has 0 spiro atoms. The second-order valence-corrected chi connectivity index (χ2v) is 5.06. The average Bonchev–Trinajstić information content (AvgIpc) is 2.37. The van der Waals surface area contributed by atoms with Gasteiger partial charge in [-0.25, -0.2) is 0 Å². The van der Waals surface area contributed by atoms with Crippen LogP contribution >= 0.6 is 0 Å². The molecule has 3 nitrogen and oxygen atoms in total. The molecule has 0 aromatic rings. The zero-order valence-corrected chi connectivity index (χ0v) is 11.7. The molecule has 0 aromatic carbocycles. The summed E-state index contributed by atoms with van der Waals surface area (Å²) in [5.74, 6) is 0.896. The van der Waals surface area contributed by atoms with E-state index in [9.17, 15) is 0 Å². The smallest absolute Gasteiger partial charge is 0.0593 e. The predicted octanol–water partition coefficient (Wildman–Crippen LogP) is 2.12. The quantitative estimate of drug-likeness (QED) is 0.627. The zero-order valence-electron chi connectivity index (χ0n) is 11.7. The van der Waals surface area contributed by atoms with E-state index in [4.69, 9.17) is 4.74 Å². The molecule has 1 aliphatic heterocycles. The van der Waals surface area contributed by atoms with E-state index in [0.29, 0.717) is 0 Å².